The third-order valence-corrected chi connectivity index (χ3v) is 4.09. The molecule has 0 bridgehead atoms. The number of aliphatic hydroxyl groups is 1. The van der Waals surface area contributed by atoms with Crippen LogP contribution in [0.5, 0.6) is 5.75 Å². The first kappa shape index (κ1) is 15.1. The van der Waals surface area contributed by atoms with Crippen molar-refractivity contribution in [2.24, 2.45) is 5.92 Å². The molecule has 0 radical (unpaired) electrons. The summed E-state index contributed by atoms with van der Waals surface area (Å²) in [5.74, 6) is 0.907. The third kappa shape index (κ3) is 3.44. The number of nitrogens with zero attached hydrogens (tertiary/aromatic N) is 1. The fourth-order valence-corrected chi connectivity index (χ4v) is 2.63. The van der Waals surface area contributed by atoms with E-state index in [4.69, 9.17) is 16.3 Å². The van der Waals surface area contributed by atoms with E-state index in [1.165, 1.54) is 0 Å². The molecule has 1 N–H and O–H groups in total. The van der Waals surface area contributed by atoms with Crippen LogP contribution in [0.25, 0.3) is 0 Å². The van der Waals surface area contributed by atoms with Gasteiger partial charge in [-0.15, -0.1) is 0 Å². The fraction of sp³-hybridized carbons (Fsp3) is 0.533. The number of methoxy groups -OCH3 is 1. The second-order valence-corrected chi connectivity index (χ2v) is 5.74. The highest BCUT2D eigenvalue weighted by atomic mass is 35.5. The van der Waals surface area contributed by atoms with Crippen molar-refractivity contribution >= 4 is 17.5 Å². The zero-order valence-electron chi connectivity index (χ0n) is 11.8. The Morgan fingerprint density at radius 3 is 2.95 bits per heavy atom. The van der Waals surface area contributed by atoms with E-state index in [9.17, 15) is 9.90 Å². The summed E-state index contributed by atoms with van der Waals surface area (Å²) in [4.78, 5) is 14.0. The molecule has 1 aromatic rings. The molecule has 1 aliphatic heterocycles. The Balaban J connectivity index is 2.06. The molecule has 1 amide bonds. The number of likely N-dealkylation sites (tertiary alicyclic amines) is 1. The minimum absolute atomic E-state index is 0.00323. The van der Waals surface area contributed by atoms with Crippen LogP contribution < -0.4 is 4.74 Å². The minimum Gasteiger partial charge on any atom is -0.496 e. The lowest BCUT2D eigenvalue weighted by Gasteiger charge is -2.34. The van der Waals surface area contributed by atoms with Crippen molar-refractivity contribution in [3.8, 4) is 5.75 Å². The lowest BCUT2D eigenvalue weighted by Crippen LogP contribution is -2.46. The van der Waals surface area contributed by atoms with E-state index in [1.807, 2.05) is 6.92 Å². The summed E-state index contributed by atoms with van der Waals surface area (Å²) in [5, 5.41) is 10.5. The summed E-state index contributed by atoms with van der Waals surface area (Å²) >= 11 is 5.96. The summed E-state index contributed by atoms with van der Waals surface area (Å²) in [7, 11) is 1.57. The predicted octanol–water partition coefficient (Wildman–Crippen LogP) is 2.12. The summed E-state index contributed by atoms with van der Waals surface area (Å²) in [6.45, 7) is 3.11. The van der Waals surface area contributed by atoms with Gasteiger partial charge in [-0.05, 0) is 30.5 Å². The lowest BCUT2D eigenvalue weighted by atomic mass is 9.95. The SMILES string of the molecule is COc1ccc(Cl)cc1CC(=O)N1CCC(C)C(O)C1. The van der Waals surface area contributed by atoms with Crippen molar-refractivity contribution in [2.75, 3.05) is 20.2 Å². The Kier molecular flexibility index (Phi) is 4.89. The van der Waals surface area contributed by atoms with Gasteiger partial charge in [0.15, 0.2) is 0 Å². The molecule has 0 saturated carbocycles. The van der Waals surface area contributed by atoms with Crippen molar-refractivity contribution in [3.05, 3.63) is 28.8 Å². The number of halogens is 1. The van der Waals surface area contributed by atoms with Crippen molar-refractivity contribution in [1.82, 2.24) is 4.90 Å². The maximum Gasteiger partial charge on any atom is 0.227 e. The molecular formula is C15H20ClNO3. The van der Waals surface area contributed by atoms with Crippen LogP contribution in [0.1, 0.15) is 18.9 Å². The van der Waals surface area contributed by atoms with Gasteiger partial charge in [-0.1, -0.05) is 18.5 Å². The van der Waals surface area contributed by atoms with Gasteiger partial charge < -0.3 is 14.7 Å². The van der Waals surface area contributed by atoms with E-state index < -0.39 is 6.10 Å². The summed E-state index contributed by atoms with van der Waals surface area (Å²) in [5.41, 5.74) is 0.776. The summed E-state index contributed by atoms with van der Waals surface area (Å²) in [6.07, 6.45) is 0.638. The molecule has 1 saturated heterocycles. The van der Waals surface area contributed by atoms with E-state index in [2.05, 4.69) is 0 Å². The van der Waals surface area contributed by atoms with Crippen LogP contribution in [0.4, 0.5) is 0 Å². The topological polar surface area (TPSA) is 49.8 Å². The largest absolute Gasteiger partial charge is 0.496 e. The Bertz CT molecular complexity index is 492. The van der Waals surface area contributed by atoms with Gasteiger partial charge in [0, 0.05) is 23.7 Å². The van der Waals surface area contributed by atoms with Crippen molar-refractivity contribution in [3.63, 3.8) is 0 Å². The lowest BCUT2D eigenvalue weighted by molar-refractivity contribution is -0.134. The van der Waals surface area contributed by atoms with Crippen LogP contribution in [-0.2, 0) is 11.2 Å². The maximum absolute atomic E-state index is 12.3. The first-order valence-corrected chi connectivity index (χ1v) is 7.17. The average Bonchev–Trinajstić information content (AvgIpc) is 2.42. The Hall–Kier alpha value is -1.26. The van der Waals surface area contributed by atoms with Gasteiger partial charge in [0.25, 0.3) is 0 Å². The molecule has 2 rings (SSSR count). The van der Waals surface area contributed by atoms with E-state index in [0.29, 0.717) is 23.9 Å². The van der Waals surface area contributed by atoms with E-state index >= 15 is 0 Å². The monoisotopic (exact) mass is 297 g/mol. The van der Waals surface area contributed by atoms with Crippen LogP contribution >= 0.6 is 11.6 Å². The van der Waals surface area contributed by atoms with Gasteiger partial charge in [0.2, 0.25) is 5.91 Å². The standard InChI is InChI=1S/C15H20ClNO3/c1-10-5-6-17(9-13(10)18)15(19)8-11-7-12(16)3-4-14(11)20-2/h3-4,7,10,13,18H,5-6,8-9H2,1-2H3. The van der Waals surface area contributed by atoms with Crippen molar-refractivity contribution in [2.45, 2.75) is 25.9 Å². The zero-order chi connectivity index (χ0) is 14.7. The Morgan fingerprint density at radius 2 is 2.30 bits per heavy atom. The highest BCUT2D eigenvalue weighted by molar-refractivity contribution is 6.30. The fourth-order valence-electron chi connectivity index (χ4n) is 2.44. The van der Waals surface area contributed by atoms with Crippen LogP contribution in [0.15, 0.2) is 18.2 Å². The number of piperidine rings is 1. The molecule has 20 heavy (non-hydrogen) atoms. The first-order valence-electron chi connectivity index (χ1n) is 6.79. The summed E-state index contributed by atoms with van der Waals surface area (Å²) in [6, 6.07) is 5.25. The average molecular weight is 298 g/mol. The second-order valence-electron chi connectivity index (χ2n) is 5.31. The second kappa shape index (κ2) is 6.46. The molecule has 1 aromatic carbocycles. The molecule has 1 aliphatic rings. The van der Waals surface area contributed by atoms with Gasteiger partial charge in [-0.3, -0.25) is 4.79 Å². The van der Waals surface area contributed by atoms with Crippen LogP contribution in [0.2, 0.25) is 5.02 Å². The van der Waals surface area contributed by atoms with Crippen molar-refractivity contribution in [1.29, 1.82) is 0 Å². The third-order valence-electron chi connectivity index (χ3n) is 3.86. The Labute approximate surface area is 124 Å². The van der Waals surface area contributed by atoms with Gasteiger partial charge in [-0.2, -0.15) is 0 Å². The highest BCUT2D eigenvalue weighted by Crippen LogP contribution is 2.24. The molecular weight excluding hydrogens is 278 g/mol. The molecule has 2 atom stereocenters. The molecule has 2 unspecified atom stereocenters. The molecule has 110 valence electrons. The van der Waals surface area contributed by atoms with Gasteiger partial charge in [0.1, 0.15) is 5.75 Å². The zero-order valence-corrected chi connectivity index (χ0v) is 12.6. The molecule has 0 spiro atoms. The number of aliphatic hydroxyl groups excluding tert-OH is 1. The normalized spacial score (nSPS) is 22.7. The molecule has 1 fully saturated rings. The molecule has 0 aromatic heterocycles. The number of hydrogen-bond donors (Lipinski definition) is 1. The van der Waals surface area contributed by atoms with E-state index in [0.717, 1.165) is 12.0 Å². The highest BCUT2D eigenvalue weighted by Gasteiger charge is 2.27. The number of ether oxygens (including phenoxy) is 1. The van der Waals surface area contributed by atoms with Gasteiger partial charge in [0.05, 0.1) is 19.6 Å². The van der Waals surface area contributed by atoms with E-state index in [1.54, 1.807) is 30.2 Å². The van der Waals surface area contributed by atoms with E-state index in [-0.39, 0.29) is 18.2 Å². The molecule has 4 nitrogen and oxygen atoms in total. The quantitative estimate of drug-likeness (QED) is 0.930. The molecule has 0 aliphatic carbocycles. The maximum atomic E-state index is 12.3. The van der Waals surface area contributed by atoms with Crippen LogP contribution in [-0.4, -0.2) is 42.2 Å². The van der Waals surface area contributed by atoms with Crippen LogP contribution in [0, 0.1) is 5.92 Å². The minimum atomic E-state index is -0.436. The number of benzene rings is 1. The number of carbonyl (C=O) groups is 1. The Morgan fingerprint density at radius 1 is 1.55 bits per heavy atom. The van der Waals surface area contributed by atoms with Gasteiger partial charge in [-0.25, -0.2) is 0 Å². The number of hydrogen-bond acceptors (Lipinski definition) is 3. The molecule has 1 heterocycles. The summed E-state index contributed by atoms with van der Waals surface area (Å²) < 4.78 is 5.25. The van der Waals surface area contributed by atoms with Gasteiger partial charge >= 0.3 is 0 Å². The van der Waals surface area contributed by atoms with Crippen LogP contribution in [0.3, 0.4) is 0 Å². The molecule has 5 heteroatoms. The number of β-amino-alcohol motifs (C(OH)–C–C–N with tert-alkyl or cyclic N) is 1. The predicted molar refractivity (Wildman–Crippen MR) is 78.1 cm³/mol. The number of amides is 1. The number of rotatable bonds is 3. The smallest absolute Gasteiger partial charge is 0.227 e. The number of carbonyl (C=O) groups excluding carboxylic acids is 1. The van der Waals surface area contributed by atoms with Crippen molar-refractivity contribution < 1.29 is 14.6 Å². The first-order chi connectivity index (χ1) is 9.51.